The quantitative estimate of drug-likeness (QED) is 0.555. The van der Waals surface area contributed by atoms with E-state index in [-0.39, 0.29) is 10.6 Å². The SMILES string of the molecule is C=CCC1(O[Si](C)(C)C(C)(C)C)CCCC(=O)C1. The van der Waals surface area contributed by atoms with Gasteiger partial charge in [-0.2, -0.15) is 0 Å². The van der Waals surface area contributed by atoms with Crippen molar-refractivity contribution in [2.45, 2.75) is 76.6 Å². The Kier molecular flexibility index (Phi) is 4.60. The van der Waals surface area contributed by atoms with E-state index in [0.717, 1.165) is 25.7 Å². The monoisotopic (exact) mass is 268 g/mol. The minimum Gasteiger partial charge on any atom is -0.411 e. The van der Waals surface area contributed by atoms with E-state index in [4.69, 9.17) is 4.43 Å². The van der Waals surface area contributed by atoms with Crippen LogP contribution in [0.15, 0.2) is 12.7 Å². The zero-order chi connectivity index (χ0) is 14.0. The molecule has 3 heteroatoms. The molecule has 0 N–H and O–H groups in total. The molecule has 1 aliphatic carbocycles. The van der Waals surface area contributed by atoms with Crippen LogP contribution in [0.5, 0.6) is 0 Å². The predicted octanol–water partition coefficient (Wildman–Crippen LogP) is 4.47. The van der Waals surface area contributed by atoms with E-state index >= 15 is 0 Å². The van der Waals surface area contributed by atoms with Gasteiger partial charge in [0.1, 0.15) is 5.78 Å². The number of hydrogen-bond acceptors (Lipinski definition) is 2. The van der Waals surface area contributed by atoms with Crippen LogP contribution in [-0.2, 0) is 9.22 Å². The Balaban J connectivity index is 2.92. The number of ketones is 1. The second-order valence-electron chi connectivity index (χ2n) is 7.11. The first kappa shape index (κ1) is 15.6. The molecular weight excluding hydrogens is 240 g/mol. The third-order valence-electron chi connectivity index (χ3n) is 4.40. The van der Waals surface area contributed by atoms with Crippen molar-refractivity contribution in [1.82, 2.24) is 0 Å². The number of hydrogen-bond donors (Lipinski definition) is 0. The lowest BCUT2D eigenvalue weighted by molar-refractivity contribution is -0.126. The lowest BCUT2D eigenvalue weighted by atomic mass is 9.82. The summed E-state index contributed by atoms with van der Waals surface area (Å²) in [7, 11) is -1.83. The standard InChI is InChI=1S/C15H28O2Si/c1-7-10-15(11-8-9-13(16)12-15)17-18(5,6)14(2,3)4/h7H,1,8-12H2,2-6H3. The Morgan fingerprint density at radius 2 is 2.06 bits per heavy atom. The molecule has 0 saturated heterocycles. The number of carbonyl (C=O) groups is 1. The van der Waals surface area contributed by atoms with Crippen molar-refractivity contribution >= 4 is 14.1 Å². The first-order valence-corrected chi connectivity index (χ1v) is 9.85. The van der Waals surface area contributed by atoms with Gasteiger partial charge in [0.2, 0.25) is 0 Å². The van der Waals surface area contributed by atoms with E-state index in [1.165, 1.54) is 0 Å². The molecule has 0 amide bonds. The molecule has 1 saturated carbocycles. The maximum absolute atomic E-state index is 11.8. The van der Waals surface area contributed by atoms with Gasteiger partial charge in [-0.1, -0.05) is 26.8 Å². The van der Waals surface area contributed by atoms with Gasteiger partial charge in [-0.15, -0.1) is 6.58 Å². The molecule has 0 aromatic carbocycles. The fourth-order valence-electron chi connectivity index (χ4n) is 2.40. The number of Topliss-reactive ketones (excluding diaryl/α,β-unsaturated/α-hetero) is 1. The van der Waals surface area contributed by atoms with Crippen molar-refractivity contribution in [2.75, 3.05) is 0 Å². The van der Waals surface area contributed by atoms with Crippen LogP contribution in [0, 0.1) is 0 Å². The summed E-state index contributed by atoms with van der Waals surface area (Å²) in [5.74, 6) is 0.349. The minimum absolute atomic E-state index is 0.182. The molecule has 1 unspecified atom stereocenters. The summed E-state index contributed by atoms with van der Waals surface area (Å²) < 4.78 is 6.59. The highest BCUT2D eigenvalue weighted by atomic mass is 28.4. The van der Waals surface area contributed by atoms with Crippen LogP contribution < -0.4 is 0 Å². The van der Waals surface area contributed by atoms with Gasteiger partial charge in [-0.3, -0.25) is 4.79 Å². The summed E-state index contributed by atoms with van der Waals surface area (Å²) in [4.78, 5) is 11.8. The summed E-state index contributed by atoms with van der Waals surface area (Å²) in [5, 5.41) is 0.182. The highest BCUT2D eigenvalue weighted by molar-refractivity contribution is 6.74. The average molecular weight is 268 g/mol. The maximum atomic E-state index is 11.8. The molecule has 104 valence electrons. The summed E-state index contributed by atoms with van der Waals surface area (Å²) in [6.45, 7) is 15.1. The molecule has 0 heterocycles. The van der Waals surface area contributed by atoms with Crippen LogP contribution in [0.2, 0.25) is 18.1 Å². The molecule has 1 fully saturated rings. The van der Waals surface area contributed by atoms with Gasteiger partial charge < -0.3 is 4.43 Å². The summed E-state index contributed by atoms with van der Waals surface area (Å²) >= 11 is 0. The van der Waals surface area contributed by atoms with Crippen molar-refractivity contribution < 1.29 is 9.22 Å². The van der Waals surface area contributed by atoms with E-state index in [1.54, 1.807) is 0 Å². The third-order valence-corrected chi connectivity index (χ3v) is 8.96. The first-order chi connectivity index (χ1) is 8.12. The highest BCUT2D eigenvalue weighted by Crippen LogP contribution is 2.43. The van der Waals surface area contributed by atoms with E-state index < -0.39 is 8.32 Å². The second kappa shape index (κ2) is 5.30. The number of rotatable bonds is 4. The summed E-state index contributed by atoms with van der Waals surface area (Å²) in [6, 6.07) is 0. The molecule has 1 aliphatic rings. The molecule has 1 atom stereocenters. The van der Waals surface area contributed by atoms with Gasteiger partial charge in [-0.25, -0.2) is 0 Å². The van der Waals surface area contributed by atoms with Gasteiger partial charge in [0.15, 0.2) is 8.32 Å². The van der Waals surface area contributed by atoms with Gasteiger partial charge in [-0.05, 0) is 37.4 Å². The Morgan fingerprint density at radius 3 is 2.50 bits per heavy atom. The second-order valence-corrected chi connectivity index (χ2v) is 11.8. The predicted molar refractivity (Wildman–Crippen MR) is 79.3 cm³/mol. The van der Waals surface area contributed by atoms with Crippen LogP contribution in [0.25, 0.3) is 0 Å². The van der Waals surface area contributed by atoms with Gasteiger partial charge >= 0.3 is 0 Å². The Labute approximate surface area is 113 Å². The van der Waals surface area contributed by atoms with Crippen molar-refractivity contribution in [3.63, 3.8) is 0 Å². The molecule has 0 aliphatic heterocycles. The zero-order valence-corrected chi connectivity index (χ0v) is 13.6. The van der Waals surface area contributed by atoms with Crippen LogP contribution in [0.1, 0.15) is 52.9 Å². The minimum atomic E-state index is -1.83. The molecular formula is C15H28O2Si. The number of carbonyl (C=O) groups excluding carboxylic acids is 1. The molecule has 1 rings (SSSR count). The maximum Gasteiger partial charge on any atom is 0.192 e. The van der Waals surface area contributed by atoms with Crippen LogP contribution in [0.3, 0.4) is 0 Å². The van der Waals surface area contributed by atoms with Crippen molar-refractivity contribution in [2.24, 2.45) is 0 Å². The van der Waals surface area contributed by atoms with Gasteiger partial charge in [0.05, 0.1) is 5.60 Å². The molecule has 0 bridgehead atoms. The Morgan fingerprint density at radius 1 is 1.44 bits per heavy atom. The zero-order valence-electron chi connectivity index (χ0n) is 12.6. The fourth-order valence-corrected chi connectivity index (χ4v) is 4.05. The van der Waals surface area contributed by atoms with E-state index in [1.807, 2.05) is 6.08 Å². The van der Waals surface area contributed by atoms with Crippen LogP contribution >= 0.6 is 0 Å². The average Bonchev–Trinajstić information content (AvgIpc) is 2.14. The first-order valence-electron chi connectivity index (χ1n) is 6.95. The van der Waals surface area contributed by atoms with Crippen molar-refractivity contribution in [3.8, 4) is 0 Å². The lowest BCUT2D eigenvalue weighted by Crippen LogP contribution is -2.51. The van der Waals surface area contributed by atoms with Crippen LogP contribution in [-0.4, -0.2) is 19.7 Å². The summed E-state index contributed by atoms with van der Waals surface area (Å²) in [5.41, 5.74) is -0.264. The highest BCUT2D eigenvalue weighted by Gasteiger charge is 2.45. The largest absolute Gasteiger partial charge is 0.411 e. The molecule has 0 spiro atoms. The lowest BCUT2D eigenvalue weighted by Gasteiger charge is -2.47. The van der Waals surface area contributed by atoms with E-state index in [0.29, 0.717) is 12.2 Å². The molecule has 0 aromatic rings. The summed E-state index contributed by atoms with van der Waals surface area (Å²) in [6.07, 6.45) is 5.96. The fraction of sp³-hybridized carbons (Fsp3) is 0.800. The van der Waals surface area contributed by atoms with Crippen molar-refractivity contribution in [3.05, 3.63) is 12.7 Å². The third kappa shape index (κ3) is 3.54. The molecule has 2 nitrogen and oxygen atoms in total. The van der Waals surface area contributed by atoms with Gasteiger partial charge in [0.25, 0.3) is 0 Å². The normalized spacial score (nSPS) is 26.2. The van der Waals surface area contributed by atoms with E-state index in [2.05, 4.69) is 40.4 Å². The van der Waals surface area contributed by atoms with E-state index in [9.17, 15) is 4.79 Å². The Hall–Kier alpha value is -0.413. The van der Waals surface area contributed by atoms with Gasteiger partial charge in [0, 0.05) is 12.8 Å². The molecule has 0 radical (unpaired) electrons. The smallest absolute Gasteiger partial charge is 0.192 e. The van der Waals surface area contributed by atoms with Crippen LogP contribution in [0.4, 0.5) is 0 Å². The topological polar surface area (TPSA) is 26.3 Å². The molecule has 0 aromatic heterocycles. The Bertz CT molecular complexity index is 328. The molecule has 18 heavy (non-hydrogen) atoms. The van der Waals surface area contributed by atoms with Crippen molar-refractivity contribution in [1.29, 1.82) is 0 Å².